The van der Waals surface area contributed by atoms with Gasteiger partial charge < -0.3 is 5.32 Å². The second-order valence-electron chi connectivity index (χ2n) is 5.94. The van der Waals surface area contributed by atoms with Crippen molar-refractivity contribution >= 4 is 5.91 Å². The van der Waals surface area contributed by atoms with Crippen LogP contribution < -0.4 is 5.32 Å². The van der Waals surface area contributed by atoms with Crippen molar-refractivity contribution in [1.29, 1.82) is 5.26 Å². The molecule has 3 aromatic rings. The van der Waals surface area contributed by atoms with E-state index in [2.05, 4.69) is 15.4 Å². The van der Waals surface area contributed by atoms with Crippen LogP contribution in [0.15, 0.2) is 55.0 Å². The Morgan fingerprint density at radius 2 is 1.93 bits per heavy atom. The van der Waals surface area contributed by atoms with Crippen molar-refractivity contribution in [1.82, 2.24) is 20.1 Å². The lowest BCUT2D eigenvalue weighted by Crippen LogP contribution is -2.23. The van der Waals surface area contributed by atoms with Crippen LogP contribution in [-0.2, 0) is 19.3 Å². The smallest absolute Gasteiger partial charge is 0.348 e. The van der Waals surface area contributed by atoms with E-state index in [9.17, 15) is 18.0 Å². The van der Waals surface area contributed by atoms with Crippen molar-refractivity contribution in [2.75, 3.05) is 0 Å². The standard InChI is InChI=1S/C19H14F3N5O/c20-19(21,22)17-15(7-23)6-16(10-24-17)18(28)25-8-14-9-26-27(12-14)11-13-4-2-1-3-5-13/h1-6,9-10,12H,8,11H2,(H,25,28). The summed E-state index contributed by atoms with van der Waals surface area (Å²) in [5.74, 6) is -0.631. The molecule has 2 aromatic heterocycles. The van der Waals surface area contributed by atoms with E-state index in [1.807, 2.05) is 30.3 Å². The molecule has 0 aliphatic rings. The van der Waals surface area contributed by atoms with Gasteiger partial charge in [0.05, 0.1) is 23.9 Å². The van der Waals surface area contributed by atoms with E-state index in [-0.39, 0.29) is 12.1 Å². The van der Waals surface area contributed by atoms with Gasteiger partial charge in [-0.2, -0.15) is 23.5 Å². The summed E-state index contributed by atoms with van der Waals surface area (Å²) in [6, 6.07) is 12.0. The normalized spacial score (nSPS) is 11.1. The first kappa shape index (κ1) is 19.1. The largest absolute Gasteiger partial charge is 0.434 e. The zero-order chi connectivity index (χ0) is 20.1. The Labute approximate surface area is 158 Å². The minimum Gasteiger partial charge on any atom is -0.348 e. The molecule has 0 fully saturated rings. The van der Waals surface area contributed by atoms with Crippen molar-refractivity contribution in [3.8, 4) is 6.07 Å². The molecule has 6 nitrogen and oxygen atoms in total. The summed E-state index contributed by atoms with van der Waals surface area (Å²) in [7, 11) is 0. The second kappa shape index (κ2) is 7.92. The number of alkyl halides is 3. The van der Waals surface area contributed by atoms with Crippen LogP contribution in [0, 0.1) is 11.3 Å². The molecule has 9 heteroatoms. The number of rotatable bonds is 5. The van der Waals surface area contributed by atoms with Gasteiger partial charge in [-0.05, 0) is 11.6 Å². The van der Waals surface area contributed by atoms with Crippen LogP contribution in [0.4, 0.5) is 13.2 Å². The highest BCUT2D eigenvalue weighted by Gasteiger charge is 2.36. The molecule has 1 aromatic carbocycles. The number of nitrogens with zero attached hydrogens (tertiary/aromatic N) is 4. The summed E-state index contributed by atoms with van der Waals surface area (Å²) in [6.45, 7) is 0.708. The first-order valence-electron chi connectivity index (χ1n) is 8.17. The SMILES string of the molecule is N#Cc1cc(C(=O)NCc2cnn(Cc3ccccc3)c2)cnc1C(F)(F)F. The molecule has 0 unspecified atom stereocenters. The first-order valence-corrected chi connectivity index (χ1v) is 8.17. The van der Waals surface area contributed by atoms with E-state index in [0.717, 1.165) is 23.4 Å². The maximum absolute atomic E-state index is 12.8. The van der Waals surface area contributed by atoms with E-state index in [1.165, 1.54) is 6.07 Å². The van der Waals surface area contributed by atoms with Gasteiger partial charge in [0.1, 0.15) is 6.07 Å². The molecule has 0 aliphatic heterocycles. The summed E-state index contributed by atoms with van der Waals surface area (Å²) in [6.07, 6.45) is -0.598. The van der Waals surface area contributed by atoms with E-state index >= 15 is 0 Å². The van der Waals surface area contributed by atoms with Crippen molar-refractivity contribution in [3.05, 3.63) is 82.9 Å². The third kappa shape index (κ3) is 4.54. The van der Waals surface area contributed by atoms with Crippen molar-refractivity contribution in [3.63, 3.8) is 0 Å². The molecule has 0 spiro atoms. The molecule has 0 saturated carbocycles. The lowest BCUT2D eigenvalue weighted by Gasteiger charge is -2.09. The van der Waals surface area contributed by atoms with E-state index in [1.54, 1.807) is 17.1 Å². The Bertz CT molecular complexity index is 1020. The van der Waals surface area contributed by atoms with Gasteiger partial charge in [-0.3, -0.25) is 9.48 Å². The maximum atomic E-state index is 12.8. The molecule has 0 aliphatic carbocycles. The molecular weight excluding hydrogens is 371 g/mol. The number of carbonyl (C=O) groups excluding carboxylic acids is 1. The van der Waals surface area contributed by atoms with Crippen molar-refractivity contribution in [2.24, 2.45) is 0 Å². The number of hydrogen-bond donors (Lipinski definition) is 1. The predicted octanol–water partition coefficient (Wildman–Crippen LogP) is 3.15. The second-order valence-corrected chi connectivity index (χ2v) is 5.94. The highest BCUT2D eigenvalue weighted by Crippen LogP contribution is 2.30. The van der Waals surface area contributed by atoms with Gasteiger partial charge in [0.15, 0.2) is 5.69 Å². The zero-order valence-corrected chi connectivity index (χ0v) is 14.4. The molecule has 1 N–H and O–H groups in total. The van der Waals surface area contributed by atoms with Gasteiger partial charge in [-0.25, -0.2) is 4.98 Å². The van der Waals surface area contributed by atoms with Crippen LogP contribution in [0.1, 0.15) is 32.7 Å². The highest BCUT2D eigenvalue weighted by molar-refractivity contribution is 5.94. The number of nitriles is 1. The lowest BCUT2D eigenvalue weighted by molar-refractivity contribution is -0.141. The summed E-state index contributed by atoms with van der Waals surface area (Å²) in [4.78, 5) is 15.4. The van der Waals surface area contributed by atoms with Gasteiger partial charge in [-0.1, -0.05) is 30.3 Å². The van der Waals surface area contributed by atoms with E-state index in [0.29, 0.717) is 6.54 Å². The Morgan fingerprint density at radius 3 is 2.61 bits per heavy atom. The average molecular weight is 385 g/mol. The van der Waals surface area contributed by atoms with Crippen LogP contribution in [0.2, 0.25) is 0 Å². The number of carbonyl (C=O) groups is 1. The monoisotopic (exact) mass is 385 g/mol. The molecular formula is C19H14F3N5O. The van der Waals surface area contributed by atoms with Crippen LogP contribution in [0.3, 0.4) is 0 Å². The van der Waals surface area contributed by atoms with Crippen LogP contribution in [0.5, 0.6) is 0 Å². The van der Waals surface area contributed by atoms with E-state index in [4.69, 9.17) is 5.26 Å². The third-order valence-electron chi connectivity index (χ3n) is 3.87. The minimum atomic E-state index is -4.76. The topological polar surface area (TPSA) is 83.6 Å². The fourth-order valence-corrected chi connectivity index (χ4v) is 2.54. The zero-order valence-electron chi connectivity index (χ0n) is 14.4. The summed E-state index contributed by atoms with van der Waals surface area (Å²) < 4.78 is 40.0. The summed E-state index contributed by atoms with van der Waals surface area (Å²) in [5, 5.41) is 15.7. The number of amides is 1. The molecule has 142 valence electrons. The van der Waals surface area contributed by atoms with Gasteiger partial charge in [0.25, 0.3) is 5.91 Å². The third-order valence-corrected chi connectivity index (χ3v) is 3.87. The summed E-state index contributed by atoms with van der Waals surface area (Å²) >= 11 is 0. The van der Waals surface area contributed by atoms with Gasteiger partial charge in [0.2, 0.25) is 0 Å². The van der Waals surface area contributed by atoms with E-state index < -0.39 is 23.3 Å². The quantitative estimate of drug-likeness (QED) is 0.731. The number of aromatic nitrogens is 3. The molecule has 0 saturated heterocycles. The Morgan fingerprint density at radius 1 is 1.18 bits per heavy atom. The number of pyridine rings is 1. The number of nitrogens with one attached hydrogen (secondary N) is 1. The molecule has 0 bridgehead atoms. The number of hydrogen-bond acceptors (Lipinski definition) is 4. The van der Waals surface area contributed by atoms with Crippen LogP contribution >= 0.6 is 0 Å². The lowest BCUT2D eigenvalue weighted by atomic mass is 10.1. The first-order chi connectivity index (χ1) is 13.4. The highest BCUT2D eigenvalue weighted by atomic mass is 19.4. The number of benzene rings is 1. The fourth-order valence-electron chi connectivity index (χ4n) is 2.54. The average Bonchev–Trinajstić information content (AvgIpc) is 3.13. The van der Waals surface area contributed by atoms with Gasteiger partial charge >= 0.3 is 6.18 Å². The Balaban J connectivity index is 1.64. The molecule has 28 heavy (non-hydrogen) atoms. The van der Waals surface area contributed by atoms with Crippen LogP contribution in [-0.4, -0.2) is 20.7 Å². The minimum absolute atomic E-state index is 0.124. The number of halogens is 3. The predicted molar refractivity (Wildman–Crippen MR) is 92.9 cm³/mol. The van der Waals surface area contributed by atoms with Gasteiger partial charge in [0, 0.05) is 24.5 Å². The maximum Gasteiger partial charge on any atom is 0.434 e. The van der Waals surface area contributed by atoms with Gasteiger partial charge in [-0.15, -0.1) is 0 Å². The Hall–Kier alpha value is -3.67. The molecule has 3 rings (SSSR count). The van der Waals surface area contributed by atoms with Crippen molar-refractivity contribution < 1.29 is 18.0 Å². The molecule has 0 radical (unpaired) electrons. The van der Waals surface area contributed by atoms with Crippen molar-refractivity contribution in [2.45, 2.75) is 19.3 Å². The van der Waals surface area contributed by atoms with Crippen LogP contribution in [0.25, 0.3) is 0 Å². The molecule has 0 atom stereocenters. The Kier molecular flexibility index (Phi) is 5.40. The summed E-state index contributed by atoms with van der Waals surface area (Å²) in [5.41, 5.74) is -0.337. The molecule has 1 amide bonds. The fraction of sp³-hybridized carbons (Fsp3) is 0.158. The molecule has 2 heterocycles.